The van der Waals surface area contributed by atoms with Crippen molar-refractivity contribution in [2.45, 2.75) is 79.1 Å². The fraction of sp³-hybridized carbons (Fsp3) is 0.481. The molecule has 0 bridgehead atoms. The topological polar surface area (TPSA) is 18.5 Å². The maximum absolute atomic E-state index is 6.50. The second kappa shape index (κ2) is 8.38. The normalized spacial score (nSPS) is 20.5. The number of rotatable bonds is 5. The maximum atomic E-state index is 6.50. The summed E-state index contributed by atoms with van der Waals surface area (Å²) in [6, 6.07) is 19.8. The summed E-state index contributed by atoms with van der Waals surface area (Å²) in [7, 11) is -2.37. The molecule has 1 unspecified atom stereocenters. The van der Waals surface area contributed by atoms with Crippen LogP contribution in [0.25, 0.3) is 6.08 Å². The Hall–Kier alpha value is -1.62. The first-order chi connectivity index (χ1) is 14.2. The molecule has 0 spiro atoms. The van der Waals surface area contributed by atoms with E-state index in [1.807, 2.05) is 0 Å². The van der Waals surface area contributed by atoms with Gasteiger partial charge in [0.05, 0.1) is 11.2 Å². The van der Waals surface area contributed by atoms with Crippen LogP contribution in [0.2, 0.25) is 12.5 Å². The molecule has 166 valence electrons. The van der Waals surface area contributed by atoms with Gasteiger partial charge in [0.25, 0.3) is 0 Å². The molecule has 2 aromatic rings. The Bertz CT molecular complexity index is 927. The van der Waals surface area contributed by atoms with Crippen molar-refractivity contribution >= 4 is 26.5 Å². The van der Waals surface area contributed by atoms with E-state index in [1.54, 1.807) is 0 Å². The summed E-state index contributed by atoms with van der Waals surface area (Å²) < 4.78 is 13.0. The predicted octanol–water partition coefficient (Wildman–Crippen LogP) is 6.58. The molecule has 0 amide bonds. The average molecular weight is 435 g/mol. The van der Waals surface area contributed by atoms with E-state index < -0.39 is 8.07 Å². The molecular weight excluding hydrogens is 395 g/mol. The summed E-state index contributed by atoms with van der Waals surface area (Å²) in [5.74, 6) is 0.902. The highest BCUT2D eigenvalue weighted by Gasteiger charge is 2.54. The smallest absolute Gasteiger partial charge is 0.403 e. The van der Waals surface area contributed by atoms with Crippen LogP contribution in [0.15, 0.2) is 59.8 Å². The summed E-state index contributed by atoms with van der Waals surface area (Å²) in [5.41, 5.74) is 1.96. The highest BCUT2D eigenvalue weighted by molar-refractivity contribution is 7.02. The number of hydrogen-bond donors (Lipinski definition) is 0. The van der Waals surface area contributed by atoms with E-state index in [-0.39, 0.29) is 23.7 Å². The van der Waals surface area contributed by atoms with E-state index in [2.05, 4.69) is 123 Å². The fourth-order valence-corrected chi connectivity index (χ4v) is 9.37. The lowest BCUT2D eigenvalue weighted by atomic mass is 9.90. The van der Waals surface area contributed by atoms with Crippen LogP contribution in [-0.4, -0.2) is 26.4 Å². The van der Waals surface area contributed by atoms with Crippen molar-refractivity contribution in [2.24, 2.45) is 5.41 Å². The third kappa shape index (κ3) is 5.08. The Kier molecular flexibility index (Phi) is 6.50. The molecular formula is C27H39BO2Si. The van der Waals surface area contributed by atoms with Gasteiger partial charge in [0.1, 0.15) is 8.07 Å². The third-order valence-electron chi connectivity index (χ3n) is 7.04. The van der Waals surface area contributed by atoms with Crippen LogP contribution in [-0.2, 0) is 9.31 Å². The zero-order valence-corrected chi connectivity index (χ0v) is 21.9. The van der Waals surface area contributed by atoms with E-state index in [4.69, 9.17) is 9.31 Å². The molecule has 1 saturated heterocycles. The van der Waals surface area contributed by atoms with Crippen molar-refractivity contribution in [3.63, 3.8) is 0 Å². The van der Waals surface area contributed by atoms with Crippen LogP contribution in [0.5, 0.6) is 0 Å². The van der Waals surface area contributed by atoms with Gasteiger partial charge in [-0.2, -0.15) is 0 Å². The summed E-state index contributed by atoms with van der Waals surface area (Å²) >= 11 is 0. The van der Waals surface area contributed by atoms with Gasteiger partial charge in [-0.3, -0.25) is 0 Å². The molecule has 31 heavy (non-hydrogen) atoms. The number of allylic oxidation sites excluding steroid dienone is 1. The minimum absolute atomic E-state index is 0.0319. The SMILES string of the molecule is Cc1cccc(/C=C(\C(C)(C)C)[Si](C)(CB2OC(C)(C)C(C)(C)O2)c2ccccc2)c1. The summed E-state index contributed by atoms with van der Waals surface area (Å²) in [5, 5.41) is 2.95. The maximum Gasteiger partial charge on any atom is 0.455 e. The Morgan fingerprint density at radius 2 is 1.52 bits per heavy atom. The fourth-order valence-electron chi connectivity index (χ4n) is 4.70. The molecule has 0 aliphatic carbocycles. The molecule has 1 fully saturated rings. The van der Waals surface area contributed by atoms with Gasteiger partial charge in [0.2, 0.25) is 0 Å². The van der Waals surface area contributed by atoms with Crippen molar-refractivity contribution in [3.8, 4) is 0 Å². The molecule has 1 aliphatic heterocycles. The molecule has 0 aromatic heterocycles. The van der Waals surface area contributed by atoms with Crippen LogP contribution in [0.3, 0.4) is 0 Å². The second-order valence-electron chi connectivity index (χ2n) is 11.3. The molecule has 0 saturated carbocycles. The van der Waals surface area contributed by atoms with Crippen molar-refractivity contribution in [2.75, 3.05) is 0 Å². The van der Waals surface area contributed by atoms with E-state index in [9.17, 15) is 0 Å². The second-order valence-corrected chi connectivity index (χ2v) is 15.5. The zero-order valence-electron chi connectivity index (χ0n) is 20.9. The summed E-state index contributed by atoms with van der Waals surface area (Å²) in [6.45, 7) is 20.2. The van der Waals surface area contributed by atoms with Crippen LogP contribution in [0, 0.1) is 12.3 Å². The first kappa shape index (κ1) is 24.0. The van der Waals surface area contributed by atoms with Crippen molar-refractivity contribution in [3.05, 3.63) is 70.9 Å². The van der Waals surface area contributed by atoms with Crippen LogP contribution in [0.1, 0.15) is 59.6 Å². The van der Waals surface area contributed by atoms with Gasteiger partial charge in [-0.05, 0) is 51.5 Å². The molecule has 3 rings (SSSR count). The Morgan fingerprint density at radius 3 is 2.03 bits per heavy atom. The predicted molar refractivity (Wildman–Crippen MR) is 137 cm³/mol. The van der Waals surface area contributed by atoms with Gasteiger partial charge in [0, 0.05) is 0 Å². The van der Waals surface area contributed by atoms with Crippen molar-refractivity contribution < 1.29 is 9.31 Å². The van der Waals surface area contributed by atoms with Gasteiger partial charge in [-0.15, -0.1) is 0 Å². The minimum atomic E-state index is -2.17. The zero-order chi connectivity index (χ0) is 23.1. The monoisotopic (exact) mass is 434 g/mol. The highest BCUT2D eigenvalue weighted by atomic mass is 28.3. The lowest BCUT2D eigenvalue weighted by Gasteiger charge is -2.39. The molecule has 2 nitrogen and oxygen atoms in total. The van der Waals surface area contributed by atoms with E-state index in [1.165, 1.54) is 21.5 Å². The van der Waals surface area contributed by atoms with Crippen molar-refractivity contribution in [1.29, 1.82) is 0 Å². The van der Waals surface area contributed by atoms with E-state index in [0.717, 1.165) is 5.94 Å². The molecule has 4 heteroatoms. The minimum Gasteiger partial charge on any atom is -0.403 e. The van der Waals surface area contributed by atoms with Gasteiger partial charge in [-0.1, -0.05) is 104 Å². The van der Waals surface area contributed by atoms with Crippen LogP contribution < -0.4 is 5.19 Å². The molecule has 1 heterocycles. The number of hydrogen-bond acceptors (Lipinski definition) is 2. The Morgan fingerprint density at radius 1 is 0.935 bits per heavy atom. The average Bonchev–Trinajstić information content (AvgIpc) is 2.85. The third-order valence-corrected chi connectivity index (χ3v) is 11.9. The molecule has 1 aliphatic rings. The molecule has 1 atom stereocenters. The van der Waals surface area contributed by atoms with E-state index in [0.29, 0.717) is 0 Å². The van der Waals surface area contributed by atoms with Gasteiger partial charge in [0.15, 0.2) is 0 Å². The standard InChI is InChI=1S/C27H39BO2Si/c1-21-14-13-15-22(18-21)19-24(25(2,3)4)31(9,23-16-11-10-12-17-23)20-28-29-26(5,6)27(7,8)30-28/h10-19H,20H2,1-9H3/b24-19+. The molecule has 2 aromatic carbocycles. The quantitative estimate of drug-likeness (QED) is 0.495. The lowest BCUT2D eigenvalue weighted by molar-refractivity contribution is 0.00578. The van der Waals surface area contributed by atoms with Crippen molar-refractivity contribution in [1.82, 2.24) is 0 Å². The van der Waals surface area contributed by atoms with Gasteiger partial charge >= 0.3 is 7.12 Å². The van der Waals surface area contributed by atoms with Crippen LogP contribution >= 0.6 is 0 Å². The number of benzene rings is 2. The van der Waals surface area contributed by atoms with Gasteiger partial charge in [-0.25, -0.2) is 0 Å². The first-order valence-electron chi connectivity index (χ1n) is 11.5. The first-order valence-corrected chi connectivity index (χ1v) is 14.2. The van der Waals surface area contributed by atoms with Crippen LogP contribution in [0.4, 0.5) is 0 Å². The molecule has 0 N–H and O–H groups in total. The van der Waals surface area contributed by atoms with E-state index >= 15 is 0 Å². The summed E-state index contributed by atoms with van der Waals surface area (Å²) in [4.78, 5) is 0. The Balaban J connectivity index is 2.13. The molecule has 0 radical (unpaired) electrons. The highest BCUT2D eigenvalue weighted by Crippen LogP contribution is 2.42. The van der Waals surface area contributed by atoms with Gasteiger partial charge < -0.3 is 9.31 Å². The largest absolute Gasteiger partial charge is 0.455 e. The number of aryl methyl sites for hydroxylation is 1. The lowest BCUT2D eigenvalue weighted by Crippen LogP contribution is -2.53. The summed E-state index contributed by atoms with van der Waals surface area (Å²) in [6.07, 6.45) is 2.44. The Labute approximate surface area is 191 Å².